The minimum absolute atomic E-state index is 0.0131. The maximum absolute atomic E-state index is 12.4. The van der Waals surface area contributed by atoms with Gasteiger partial charge in [0.1, 0.15) is 0 Å². The summed E-state index contributed by atoms with van der Waals surface area (Å²) in [5.41, 5.74) is 0. The largest absolute Gasteiger partial charge is 0.466 e. The highest BCUT2D eigenvalue weighted by molar-refractivity contribution is 5.70. The molecule has 0 saturated carbocycles. The molecule has 1 atom stereocenters. The molecule has 1 N–H and O–H groups in total. The molecule has 0 saturated heterocycles. The number of unbranched alkanes of at least 4 members (excludes halogenated alkanes) is 16. The molecule has 0 aromatic carbocycles. The highest BCUT2D eigenvalue weighted by Gasteiger charge is 2.21. The monoisotopic (exact) mass is 570 g/mol. The maximum atomic E-state index is 12.4. The van der Waals surface area contributed by atoms with Crippen molar-refractivity contribution in [1.82, 2.24) is 4.90 Å². The van der Waals surface area contributed by atoms with Crippen molar-refractivity contribution in [3.8, 4) is 0 Å². The standard InChI is InChI=1S/C34H67NO5/c1-5-7-9-11-13-15-17-19-21-27-39-33(37)23-25-35(32(30-36)29-31(3)4)26-24-34(38)40-28-22-20-18-16-14-12-10-8-6-2/h31-32,36H,5-30H2,1-4H3. The molecule has 0 amide bonds. The van der Waals surface area contributed by atoms with E-state index in [1.807, 2.05) is 0 Å². The van der Waals surface area contributed by atoms with Gasteiger partial charge in [-0.15, -0.1) is 0 Å². The Morgan fingerprint density at radius 2 is 0.950 bits per heavy atom. The molecule has 0 spiro atoms. The fourth-order valence-electron chi connectivity index (χ4n) is 5.17. The zero-order chi connectivity index (χ0) is 29.7. The van der Waals surface area contributed by atoms with Crippen molar-refractivity contribution in [2.45, 2.75) is 169 Å². The van der Waals surface area contributed by atoms with Crippen molar-refractivity contribution >= 4 is 11.9 Å². The summed E-state index contributed by atoms with van der Waals surface area (Å²) in [6, 6.07) is -0.0738. The Labute approximate surface area is 248 Å². The number of ether oxygens (including phenoxy) is 2. The van der Waals surface area contributed by atoms with E-state index in [-0.39, 0.29) is 37.4 Å². The minimum Gasteiger partial charge on any atom is -0.466 e. The molecule has 0 radical (unpaired) electrons. The predicted molar refractivity (Wildman–Crippen MR) is 168 cm³/mol. The second-order valence-electron chi connectivity index (χ2n) is 12.1. The normalized spacial score (nSPS) is 12.3. The van der Waals surface area contributed by atoms with E-state index in [1.165, 1.54) is 89.9 Å². The van der Waals surface area contributed by atoms with Crippen LogP contribution in [0.25, 0.3) is 0 Å². The first kappa shape index (κ1) is 38.9. The third-order valence-electron chi connectivity index (χ3n) is 7.70. The van der Waals surface area contributed by atoms with Gasteiger partial charge in [-0.25, -0.2) is 0 Å². The van der Waals surface area contributed by atoms with E-state index in [9.17, 15) is 14.7 Å². The third kappa shape index (κ3) is 25.8. The highest BCUT2D eigenvalue weighted by atomic mass is 16.5. The summed E-state index contributed by atoms with van der Waals surface area (Å²) in [5.74, 6) is 0.0225. The van der Waals surface area contributed by atoms with Gasteiger partial charge in [0.25, 0.3) is 0 Å². The van der Waals surface area contributed by atoms with E-state index in [1.54, 1.807) is 0 Å². The molecule has 40 heavy (non-hydrogen) atoms. The summed E-state index contributed by atoms with van der Waals surface area (Å²) >= 11 is 0. The second kappa shape index (κ2) is 29.4. The molecule has 0 aromatic heterocycles. The Hall–Kier alpha value is -1.14. The van der Waals surface area contributed by atoms with Gasteiger partial charge in [0.15, 0.2) is 0 Å². The lowest BCUT2D eigenvalue weighted by molar-refractivity contribution is -0.144. The minimum atomic E-state index is -0.196. The summed E-state index contributed by atoms with van der Waals surface area (Å²) in [6.45, 7) is 10.7. The van der Waals surface area contributed by atoms with Gasteiger partial charge in [0.05, 0.1) is 32.7 Å². The first-order valence-corrected chi connectivity index (χ1v) is 17.1. The molecule has 0 bridgehead atoms. The smallest absolute Gasteiger partial charge is 0.307 e. The molecule has 1 unspecified atom stereocenters. The summed E-state index contributed by atoms with van der Waals surface area (Å²) < 4.78 is 10.9. The van der Waals surface area contributed by atoms with Crippen molar-refractivity contribution in [1.29, 1.82) is 0 Å². The van der Waals surface area contributed by atoms with Crippen molar-refractivity contribution in [2.75, 3.05) is 32.9 Å². The molecule has 6 nitrogen and oxygen atoms in total. The number of carbonyl (C=O) groups is 2. The van der Waals surface area contributed by atoms with Crippen molar-refractivity contribution < 1.29 is 24.2 Å². The van der Waals surface area contributed by atoms with Crippen LogP contribution in [0, 0.1) is 5.92 Å². The number of nitrogens with zero attached hydrogens (tertiary/aromatic N) is 1. The van der Waals surface area contributed by atoms with Gasteiger partial charge in [-0.3, -0.25) is 14.5 Å². The SMILES string of the molecule is CCCCCCCCCCCOC(=O)CCN(CCC(=O)OCCCCCCCCCCC)C(CO)CC(C)C. The van der Waals surface area contributed by atoms with Gasteiger partial charge >= 0.3 is 11.9 Å². The fraction of sp³-hybridized carbons (Fsp3) is 0.941. The lowest BCUT2D eigenvalue weighted by Crippen LogP contribution is -2.41. The summed E-state index contributed by atoms with van der Waals surface area (Å²) in [6.07, 6.45) is 23.6. The lowest BCUT2D eigenvalue weighted by atomic mass is 10.0. The molecular formula is C34H67NO5. The van der Waals surface area contributed by atoms with Crippen LogP contribution in [-0.2, 0) is 19.1 Å². The van der Waals surface area contributed by atoms with E-state index in [4.69, 9.17) is 9.47 Å². The van der Waals surface area contributed by atoms with Gasteiger partial charge in [0.2, 0.25) is 0 Å². The molecular weight excluding hydrogens is 502 g/mol. The van der Waals surface area contributed by atoms with Crippen LogP contribution in [0.1, 0.15) is 163 Å². The van der Waals surface area contributed by atoms with Crippen LogP contribution in [0.15, 0.2) is 0 Å². The van der Waals surface area contributed by atoms with E-state index < -0.39 is 0 Å². The number of aliphatic hydroxyl groups is 1. The van der Waals surface area contributed by atoms with E-state index in [0.717, 1.165) is 32.1 Å². The lowest BCUT2D eigenvalue weighted by Gasteiger charge is -2.31. The van der Waals surface area contributed by atoms with Gasteiger partial charge in [0, 0.05) is 19.1 Å². The van der Waals surface area contributed by atoms with Crippen LogP contribution < -0.4 is 0 Å². The quantitative estimate of drug-likeness (QED) is 0.0689. The molecule has 0 aliphatic heterocycles. The summed E-state index contributed by atoms with van der Waals surface area (Å²) in [7, 11) is 0. The average Bonchev–Trinajstić information content (AvgIpc) is 2.93. The first-order valence-electron chi connectivity index (χ1n) is 17.1. The van der Waals surface area contributed by atoms with Crippen LogP contribution in [0.3, 0.4) is 0 Å². The van der Waals surface area contributed by atoms with E-state index in [0.29, 0.717) is 32.2 Å². The zero-order valence-electron chi connectivity index (χ0n) is 27.1. The van der Waals surface area contributed by atoms with Crippen molar-refractivity contribution in [3.05, 3.63) is 0 Å². The van der Waals surface area contributed by atoms with Crippen molar-refractivity contribution in [2.24, 2.45) is 5.92 Å². The first-order chi connectivity index (χ1) is 19.4. The van der Waals surface area contributed by atoms with Crippen LogP contribution in [0.5, 0.6) is 0 Å². The maximum Gasteiger partial charge on any atom is 0.307 e. The Bertz CT molecular complexity index is 529. The summed E-state index contributed by atoms with van der Waals surface area (Å²) in [4.78, 5) is 26.8. The number of aliphatic hydroxyl groups excluding tert-OH is 1. The topological polar surface area (TPSA) is 76.1 Å². The zero-order valence-corrected chi connectivity index (χ0v) is 27.1. The van der Waals surface area contributed by atoms with Crippen LogP contribution >= 0.6 is 0 Å². The number of rotatable bonds is 30. The number of hydrogen-bond donors (Lipinski definition) is 1. The second-order valence-corrected chi connectivity index (χ2v) is 12.1. The number of esters is 2. The van der Waals surface area contributed by atoms with Gasteiger partial charge < -0.3 is 14.6 Å². The summed E-state index contributed by atoms with van der Waals surface area (Å²) in [5, 5.41) is 10.0. The highest BCUT2D eigenvalue weighted by Crippen LogP contribution is 2.14. The molecule has 0 aliphatic rings. The van der Waals surface area contributed by atoms with Gasteiger partial charge in [-0.1, -0.05) is 130 Å². The predicted octanol–water partition coefficient (Wildman–Crippen LogP) is 8.62. The average molecular weight is 570 g/mol. The van der Waals surface area contributed by atoms with Crippen LogP contribution in [-0.4, -0.2) is 60.9 Å². The fourth-order valence-corrected chi connectivity index (χ4v) is 5.17. The molecule has 6 heteroatoms. The molecule has 0 rings (SSSR count). The Kier molecular flexibility index (Phi) is 28.5. The van der Waals surface area contributed by atoms with Gasteiger partial charge in [-0.2, -0.15) is 0 Å². The van der Waals surface area contributed by atoms with Crippen LogP contribution in [0.2, 0.25) is 0 Å². The number of carbonyl (C=O) groups excluding carboxylic acids is 2. The van der Waals surface area contributed by atoms with Crippen molar-refractivity contribution in [3.63, 3.8) is 0 Å². The Balaban J connectivity index is 4.18. The van der Waals surface area contributed by atoms with E-state index in [2.05, 4.69) is 32.6 Å². The third-order valence-corrected chi connectivity index (χ3v) is 7.70. The van der Waals surface area contributed by atoms with Gasteiger partial charge in [-0.05, 0) is 25.2 Å². The molecule has 0 fully saturated rings. The van der Waals surface area contributed by atoms with Crippen LogP contribution in [0.4, 0.5) is 0 Å². The van der Waals surface area contributed by atoms with E-state index >= 15 is 0 Å². The molecule has 0 heterocycles. The Morgan fingerprint density at radius 1 is 0.600 bits per heavy atom. The number of hydrogen-bond acceptors (Lipinski definition) is 6. The molecule has 238 valence electrons. The molecule has 0 aromatic rings. The Morgan fingerprint density at radius 3 is 1.27 bits per heavy atom. The molecule has 0 aliphatic carbocycles.